The Kier molecular flexibility index (Phi) is 5.77. The number of urea groups is 1. The van der Waals surface area contributed by atoms with Crippen molar-refractivity contribution >= 4 is 29.1 Å². The van der Waals surface area contributed by atoms with Crippen LogP contribution in [0.1, 0.15) is 40.2 Å². The third-order valence-electron chi connectivity index (χ3n) is 5.34. The number of carbonyl (C=O) groups is 3. The van der Waals surface area contributed by atoms with Crippen LogP contribution in [0.3, 0.4) is 0 Å². The summed E-state index contributed by atoms with van der Waals surface area (Å²) in [7, 11) is 0. The van der Waals surface area contributed by atoms with Crippen LogP contribution in [0.25, 0.3) is 5.57 Å². The molecule has 1 aromatic rings. The maximum absolute atomic E-state index is 12.9. The number of fused-ring (bicyclic) bond motifs is 1. The summed E-state index contributed by atoms with van der Waals surface area (Å²) < 4.78 is 6.05. The van der Waals surface area contributed by atoms with Crippen LogP contribution < -0.4 is 9.64 Å². The van der Waals surface area contributed by atoms with E-state index in [9.17, 15) is 14.4 Å². The van der Waals surface area contributed by atoms with Crippen molar-refractivity contribution in [3.05, 3.63) is 41.2 Å². The Morgan fingerprint density at radius 2 is 1.52 bits per heavy atom. The minimum absolute atomic E-state index is 0.105. The van der Waals surface area contributed by atoms with E-state index in [0.29, 0.717) is 5.75 Å². The molecule has 0 atom stereocenters. The summed E-state index contributed by atoms with van der Waals surface area (Å²) in [6, 6.07) is 5.37. The van der Waals surface area contributed by atoms with E-state index < -0.39 is 17.8 Å². The number of likely N-dealkylation sites (N-methyl/N-ethyl adjacent to an activating group) is 2. The van der Waals surface area contributed by atoms with Gasteiger partial charge in [-0.25, -0.2) is 4.79 Å². The standard InChI is InChI=1S/C22H27N3O4/c1-6-23(7-2)15-10-11-16-14(5)12-18(29-17(16)13-15)19-20(26)24(8-3)22(28)25(9-4)21(19)27/h10-13H,6-9H2,1-5H3. The normalized spacial score (nSPS) is 16.7. The zero-order valence-electron chi connectivity index (χ0n) is 17.6. The summed E-state index contributed by atoms with van der Waals surface area (Å²) in [6.07, 6.45) is 1.70. The predicted octanol–water partition coefficient (Wildman–Crippen LogP) is 3.41. The van der Waals surface area contributed by atoms with E-state index in [1.165, 1.54) is 0 Å². The highest BCUT2D eigenvalue weighted by Gasteiger charge is 2.43. The molecule has 1 fully saturated rings. The number of hydrogen-bond acceptors (Lipinski definition) is 5. The van der Waals surface area contributed by atoms with Gasteiger partial charge in [0.1, 0.15) is 17.1 Å². The molecule has 2 aliphatic heterocycles. The minimum Gasteiger partial charge on any atom is -0.456 e. The molecule has 3 rings (SSSR count). The third-order valence-corrected chi connectivity index (χ3v) is 5.34. The van der Waals surface area contributed by atoms with Gasteiger partial charge in [0.05, 0.1) is 0 Å². The molecular weight excluding hydrogens is 370 g/mol. The highest BCUT2D eigenvalue weighted by molar-refractivity contribution is 6.29. The van der Waals surface area contributed by atoms with Gasteiger partial charge in [0.2, 0.25) is 0 Å². The lowest BCUT2D eigenvalue weighted by atomic mass is 9.99. The minimum atomic E-state index is -0.616. The number of amides is 4. The lowest BCUT2D eigenvalue weighted by molar-refractivity contribution is -0.135. The van der Waals surface area contributed by atoms with Gasteiger partial charge in [-0.15, -0.1) is 0 Å². The summed E-state index contributed by atoms with van der Waals surface area (Å²) in [5, 5.41) is 0. The van der Waals surface area contributed by atoms with Crippen molar-refractivity contribution in [2.45, 2.75) is 34.6 Å². The second-order valence-electron chi connectivity index (χ2n) is 6.90. The lowest BCUT2D eigenvalue weighted by Gasteiger charge is -2.33. The van der Waals surface area contributed by atoms with Crippen LogP contribution in [-0.2, 0) is 9.59 Å². The largest absolute Gasteiger partial charge is 0.456 e. The van der Waals surface area contributed by atoms with Gasteiger partial charge < -0.3 is 9.64 Å². The number of barbiturate groups is 1. The number of allylic oxidation sites excluding steroid dienone is 2. The van der Waals surface area contributed by atoms with Gasteiger partial charge >= 0.3 is 6.03 Å². The van der Waals surface area contributed by atoms with Gasteiger partial charge in [-0.3, -0.25) is 19.4 Å². The van der Waals surface area contributed by atoms with Crippen LogP contribution in [0.5, 0.6) is 5.75 Å². The first kappa shape index (κ1) is 20.6. The zero-order chi connectivity index (χ0) is 21.3. The first-order chi connectivity index (χ1) is 13.9. The first-order valence-corrected chi connectivity index (χ1v) is 10.0. The maximum atomic E-state index is 12.9. The summed E-state index contributed by atoms with van der Waals surface area (Å²) in [4.78, 5) is 42.6. The highest BCUT2D eigenvalue weighted by Crippen LogP contribution is 2.37. The van der Waals surface area contributed by atoms with Crippen molar-refractivity contribution in [3.63, 3.8) is 0 Å². The van der Waals surface area contributed by atoms with E-state index in [1.807, 2.05) is 25.1 Å². The topological polar surface area (TPSA) is 70.2 Å². The Balaban J connectivity index is 2.11. The van der Waals surface area contributed by atoms with Gasteiger partial charge in [-0.05, 0) is 58.4 Å². The average molecular weight is 397 g/mol. The van der Waals surface area contributed by atoms with Crippen molar-refractivity contribution in [2.75, 3.05) is 31.1 Å². The van der Waals surface area contributed by atoms with Gasteiger partial charge in [0.25, 0.3) is 11.8 Å². The predicted molar refractivity (Wildman–Crippen MR) is 111 cm³/mol. The fourth-order valence-corrected chi connectivity index (χ4v) is 3.70. The van der Waals surface area contributed by atoms with Gasteiger partial charge in [0, 0.05) is 43.5 Å². The summed E-state index contributed by atoms with van der Waals surface area (Å²) in [5.74, 6) is -0.448. The molecule has 0 radical (unpaired) electrons. The molecule has 4 amide bonds. The maximum Gasteiger partial charge on any atom is 0.333 e. The molecule has 1 aromatic carbocycles. The number of hydrogen-bond donors (Lipinski definition) is 0. The summed E-state index contributed by atoms with van der Waals surface area (Å²) >= 11 is 0. The number of anilines is 1. The summed E-state index contributed by atoms with van der Waals surface area (Å²) in [5.41, 5.74) is 2.71. The Morgan fingerprint density at radius 3 is 2.03 bits per heavy atom. The Hall–Kier alpha value is -3.09. The zero-order valence-corrected chi connectivity index (χ0v) is 17.6. The molecule has 0 aliphatic carbocycles. The Bertz CT molecular complexity index is 900. The fraction of sp³-hybridized carbons (Fsp3) is 0.409. The molecule has 29 heavy (non-hydrogen) atoms. The van der Waals surface area contributed by atoms with Crippen molar-refractivity contribution < 1.29 is 19.1 Å². The molecule has 0 spiro atoms. The highest BCUT2D eigenvalue weighted by atomic mass is 16.5. The Labute approximate surface area is 171 Å². The number of nitrogens with zero attached hydrogens (tertiary/aromatic N) is 3. The fourth-order valence-electron chi connectivity index (χ4n) is 3.70. The van der Waals surface area contributed by atoms with Crippen LogP contribution in [0.2, 0.25) is 0 Å². The second kappa shape index (κ2) is 8.11. The van der Waals surface area contributed by atoms with E-state index in [2.05, 4.69) is 18.7 Å². The molecule has 0 bridgehead atoms. The van der Waals surface area contributed by atoms with Crippen LogP contribution >= 0.6 is 0 Å². The molecule has 154 valence electrons. The molecule has 0 saturated carbocycles. The number of ether oxygens (including phenoxy) is 1. The molecule has 0 unspecified atom stereocenters. The molecule has 2 heterocycles. The van der Waals surface area contributed by atoms with Crippen molar-refractivity contribution in [1.29, 1.82) is 0 Å². The molecule has 7 heteroatoms. The van der Waals surface area contributed by atoms with Crippen molar-refractivity contribution in [2.24, 2.45) is 0 Å². The number of carbonyl (C=O) groups excluding carboxylic acids is 3. The molecular formula is C22H27N3O4. The van der Waals surface area contributed by atoms with E-state index in [0.717, 1.165) is 39.7 Å². The number of imide groups is 2. The third kappa shape index (κ3) is 3.41. The van der Waals surface area contributed by atoms with Crippen molar-refractivity contribution in [1.82, 2.24) is 9.80 Å². The average Bonchev–Trinajstić information content (AvgIpc) is 2.69. The van der Waals surface area contributed by atoms with E-state index in [4.69, 9.17) is 4.74 Å². The molecule has 2 aliphatic rings. The lowest BCUT2D eigenvalue weighted by Crippen LogP contribution is -2.56. The quantitative estimate of drug-likeness (QED) is 0.562. The monoisotopic (exact) mass is 397 g/mol. The van der Waals surface area contributed by atoms with Crippen molar-refractivity contribution in [3.8, 4) is 5.75 Å². The molecule has 7 nitrogen and oxygen atoms in total. The van der Waals surface area contributed by atoms with Gasteiger partial charge in [-0.1, -0.05) is 0 Å². The van der Waals surface area contributed by atoms with E-state index in [-0.39, 0.29) is 24.4 Å². The van der Waals surface area contributed by atoms with Gasteiger partial charge in [-0.2, -0.15) is 0 Å². The van der Waals surface area contributed by atoms with Crippen LogP contribution in [0, 0.1) is 0 Å². The molecule has 1 saturated heterocycles. The second-order valence-corrected chi connectivity index (χ2v) is 6.90. The van der Waals surface area contributed by atoms with Crippen LogP contribution in [0.15, 0.2) is 35.6 Å². The van der Waals surface area contributed by atoms with E-state index in [1.54, 1.807) is 19.9 Å². The van der Waals surface area contributed by atoms with Crippen LogP contribution in [-0.4, -0.2) is 53.8 Å². The SMILES string of the molecule is CCN1C(=O)C(=C2C=C(C)c3ccc(N(CC)CC)cc3O2)C(=O)N(CC)C1=O. The molecule has 0 aromatic heterocycles. The Morgan fingerprint density at radius 1 is 0.931 bits per heavy atom. The van der Waals surface area contributed by atoms with E-state index >= 15 is 0 Å². The first-order valence-electron chi connectivity index (χ1n) is 10.0. The summed E-state index contributed by atoms with van der Waals surface area (Å²) in [6.45, 7) is 11.6. The van der Waals surface area contributed by atoms with Gasteiger partial charge in [0.15, 0.2) is 0 Å². The number of rotatable bonds is 5. The number of benzene rings is 1. The van der Waals surface area contributed by atoms with Crippen LogP contribution in [0.4, 0.5) is 10.5 Å². The molecule has 0 N–H and O–H groups in total. The smallest absolute Gasteiger partial charge is 0.333 e.